The van der Waals surface area contributed by atoms with Gasteiger partial charge in [-0.1, -0.05) is 18.2 Å². The molecule has 3 aromatic rings. The van der Waals surface area contributed by atoms with Crippen LogP contribution in [0.4, 0.5) is 5.82 Å². The summed E-state index contributed by atoms with van der Waals surface area (Å²) < 4.78 is 8.17. The fraction of sp³-hybridized carbons (Fsp3) is 0.368. The van der Waals surface area contributed by atoms with E-state index < -0.39 is 30.6 Å². The Hall–Kier alpha value is -2.04. The van der Waals surface area contributed by atoms with Crippen LogP contribution in [0, 0.1) is 0 Å². The number of rotatable bonds is 3. The summed E-state index contributed by atoms with van der Waals surface area (Å²) in [5, 5.41) is 32.6. The van der Waals surface area contributed by atoms with Crippen LogP contribution in [0.15, 0.2) is 35.2 Å². The molecular weight excluding hydrogens is 428 g/mol. The van der Waals surface area contributed by atoms with E-state index in [9.17, 15) is 15.3 Å². The van der Waals surface area contributed by atoms with Crippen LogP contribution in [0.2, 0.25) is 0 Å². The van der Waals surface area contributed by atoms with Gasteiger partial charge in [0.25, 0.3) is 0 Å². The summed E-state index contributed by atoms with van der Waals surface area (Å²) in [4.78, 5) is 8.21. The van der Waals surface area contributed by atoms with Crippen LogP contribution in [0.3, 0.4) is 0 Å². The average Bonchev–Trinajstić information content (AvgIpc) is 3.14. The summed E-state index contributed by atoms with van der Waals surface area (Å²) in [5.41, 5.74) is 9.54. The van der Waals surface area contributed by atoms with Gasteiger partial charge < -0.3 is 30.4 Å². The highest BCUT2D eigenvalue weighted by molar-refractivity contribution is 9.10. The van der Waals surface area contributed by atoms with Gasteiger partial charge in [-0.05, 0) is 45.5 Å². The summed E-state index contributed by atoms with van der Waals surface area (Å²) in [6.07, 6.45) is -0.437. The second-order valence-corrected chi connectivity index (χ2v) is 8.14. The Labute approximate surface area is 168 Å². The van der Waals surface area contributed by atoms with Gasteiger partial charge >= 0.3 is 0 Å². The van der Waals surface area contributed by atoms with Crippen LogP contribution >= 0.6 is 15.9 Å². The zero-order valence-corrected chi connectivity index (χ0v) is 16.3. The van der Waals surface area contributed by atoms with Gasteiger partial charge in [0.05, 0.1) is 5.39 Å². The minimum Gasteiger partial charge on any atom is -0.387 e. The zero-order valence-electron chi connectivity index (χ0n) is 14.7. The zero-order chi connectivity index (χ0) is 19.6. The van der Waals surface area contributed by atoms with Gasteiger partial charge in [0, 0.05) is 10.7 Å². The molecule has 1 aliphatic heterocycles. The first-order valence-corrected chi connectivity index (χ1v) is 9.83. The van der Waals surface area contributed by atoms with Crippen LogP contribution in [0.1, 0.15) is 29.0 Å². The quantitative estimate of drug-likeness (QED) is 0.476. The maximum absolute atomic E-state index is 10.8. The van der Waals surface area contributed by atoms with Gasteiger partial charge in [0.1, 0.15) is 42.2 Å². The average molecular weight is 447 g/mol. The normalized spacial score (nSPS) is 27.6. The number of nitrogens with two attached hydrogens (primary N) is 1. The van der Waals surface area contributed by atoms with E-state index in [1.807, 2.05) is 18.2 Å². The number of fused-ring (bicyclic) bond motifs is 2. The summed E-state index contributed by atoms with van der Waals surface area (Å²) in [5.74, 6) is 0.294. The van der Waals surface area contributed by atoms with E-state index >= 15 is 0 Å². The second-order valence-electron chi connectivity index (χ2n) is 7.29. The number of aliphatic hydroxyl groups is 3. The molecule has 146 valence electrons. The molecule has 5 N–H and O–H groups in total. The smallest absolute Gasteiger partial charge is 0.164 e. The molecule has 8 nitrogen and oxygen atoms in total. The third-order valence-electron chi connectivity index (χ3n) is 5.69. The highest BCUT2D eigenvalue weighted by atomic mass is 79.9. The molecular formula is C19H19BrN4O4. The van der Waals surface area contributed by atoms with Crippen molar-refractivity contribution in [1.29, 1.82) is 0 Å². The van der Waals surface area contributed by atoms with Crippen molar-refractivity contribution in [2.45, 2.75) is 43.5 Å². The number of aromatic nitrogens is 3. The fourth-order valence-corrected chi connectivity index (χ4v) is 4.62. The molecule has 2 aliphatic rings. The molecule has 5 rings (SSSR count). The Morgan fingerprint density at radius 1 is 1.18 bits per heavy atom. The van der Waals surface area contributed by atoms with Gasteiger partial charge in [-0.3, -0.25) is 0 Å². The Bertz CT molecular complexity index is 1070. The van der Waals surface area contributed by atoms with E-state index in [1.165, 1.54) is 17.5 Å². The van der Waals surface area contributed by atoms with Crippen molar-refractivity contribution in [3.8, 4) is 0 Å². The highest BCUT2D eigenvalue weighted by Gasteiger charge is 2.47. The molecule has 0 bridgehead atoms. The van der Waals surface area contributed by atoms with E-state index in [2.05, 4.69) is 25.9 Å². The lowest BCUT2D eigenvalue weighted by atomic mass is 9.85. The Kier molecular flexibility index (Phi) is 4.18. The van der Waals surface area contributed by atoms with Crippen LogP contribution in [-0.4, -0.2) is 48.2 Å². The minimum atomic E-state index is -1.26. The molecule has 0 radical (unpaired) electrons. The molecule has 0 unspecified atom stereocenters. The summed E-state index contributed by atoms with van der Waals surface area (Å²) in [6, 6.07) is 5.77. The molecule has 0 amide bonds. The summed E-state index contributed by atoms with van der Waals surface area (Å²) >= 11 is 3.42. The molecule has 28 heavy (non-hydrogen) atoms. The van der Waals surface area contributed by atoms with Crippen molar-refractivity contribution in [2.24, 2.45) is 0 Å². The van der Waals surface area contributed by atoms with Gasteiger partial charge in [-0.2, -0.15) is 0 Å². The molecule has 9 heteroatoms. The SMILES string of the molecule is Nc1ncnc2c1c(Br)cn2[C@@H]1O[C@H]([C@H](O)c2ccc3c(c2)CC3)[C@@H](O)[C@H]1O. The van der Waals surface area contributed by atoms with Crippen molar-refractivity contribution in [3.05, 3.63) is 51.9 Å². The Morgan fingerprint density at radius 2 is 1.96 bits per heavy atom. The molecule has 5 atom stereocenters. The molecule has 0 spiro atoms. The highest BCUT2D eigenvalue weighted by Crippen LogP contribution is 2.40. The molecule has 1 saturated heterocycles. The first-order chi connectivity index (χ1) is 13.5. The van der Waals surface area contributed by atoms with E-state index in [1.54, 1.807) is 10.8 Å². The number of aryl methyl sites for hydroxylation is 2. The Morgan fingerprint density at radius 3 is 2.68 bits per heavy atom. The monoisotopic (exact) mass is 446 g/mol. The number of hydrogen-bond donors (Lipinski definition) is 4. The number of anilines is 1. The molecule has 1 fully saturated rings. The summed E-state index contributed by atoms with van der Waals surface area (Å²) in [7, 11) is 0. The number of aliphatic hydroxyl groups excluding tert-OH is 3. The van der Waals surface area contributed by atoms with E-state index in [4.69, 9.17) is 10.5 Å². The van der Waals surface area contributed by atoms with Crippen molar-refractivity contribution < 1.29 is 20.1 Å². The maximum atomic E-state index is 10.8. The first-order valence-electron chi connectivity index (χ1n) is 9.03. The predicted molar refractivity (Wildman–Crippen MR) is 104 cm³/mol. The van der Waals surface area contributed by atoms with Gasteiger partial charge in [0.15, 0.2) is 6.23 Å². The third-order valence-corrected chi connectivity index (χ3v) is 6.29. The standard InChI is InChI=1S/C19H19BrN4O4/c20-11-6-24(18-12(11)17(21)22-7-23-18)19-15(27)14(26)16(28-19)13(25)10-4-2-8-1-3-9(8)5-10/h2,4-7,13-16,19,25-27H,1,3H2,(H2,21,22,23)/t13-,14+,15-,16-,19-/m1/s1. The van der Waals surface area contributed by atoms with Gasteiger partial charge in [-0.15, -0.1) is 0 Å². The van der Waals surface area contributed by atoms with Crippen molar-refractivity contribution in [3.63, 3.8) is 0 Å². The van der Waals surface area contributed by atoms with Crippen LogP contribution in [0.5, 0.6) is 0 Å². The Balaban J connectivity index is 1.48. The maximum Gasteiger partial charge on any atom is 0.164 e. The van der Waals surface area contributed by atoms with Gasteiger partial charge in [0.2, 0.25) is 0 Å². The fourth-order valence-electron chi connectivity index (χ4n) is 4.02. The van der Waals surface area contributed by atoms with E-state index in [0.717, 1.165) is 12.8 Å². The van der Waals surface area contributed by atoms with Crippen molar-refractivity contribution in [2.75, 3.05) is 5.73 Å². The van der Waals surface area contributed by atoms with Crippen molar-refractivity contribution >= 4 is 32.8 Å². The lowest BCUT2D eigenvalue weighted by Crippen LogP contribution is -2.35. The number of halogens is 1. The van der Waals surface area contributed by atoms with E-state index in [-0.39, 0.29) is 0 Å². The third kappa shape index (κ3) is 2.58. The van der Waals surface area contributed by atoms with Crippen LogP contribution in [0.25, 0.3) is 11.0 Å². The lowest BCUT2D eigenvalue weighted by molar-refractivity contribution is -0.0848. The molecule has 3 heterocycles. The largest absolute Gasteiger partial charge is 0.387 e. The number of hydrogen-bond acceptors (Lipinski definition) is 7. The van der Waals surface area contributed by atoms with Crippen LogP contribution < -0.4 is 5.73 Å². The number of ether oxygens (including phenoxy) is 1. The summed E-state index contributed by atoms with van der Waals surface area (Å²) in [6.45, 7) is 0. The van der Waals surface area contributed by atoms with Crippen LogP contribution in [-0.2, 0) is 17.6 Å². The topological polar surface area (TPSA) is 127 Å². The van der Waals surface area contributed by atoms with E-state index in [0.29, 0.717) is 26.9 Å². The van der Waals surface area contributed by atoms with Crippen molar-refractivity contribution in [1.82, 2.24) is 14.5 Å². The lowest BCUT2D eigenvalue weighted by Gasteiger charge is -2.25. The number of nitrogen functional groups attached to an aromatic ring is 1. The molecule has 1 aromatic carbocycles. The minimum absolute atomic E-state index is 0.294. The molecule has 0 saturated carbocycles. The number of benzene rings is 1. The number of nitrogens with zero attached hydrogens (tertiary/aromatic N) is 3. The predicted octanol–water partition coefficient (Wildman–Crippen LogP) is 1.23. The molecule has 2 aromatic heterocycles. The molecule has 1 aliphatic carbocycles. The van der Waals surface area contributed by atoms with Gasteiger partial charge in [-0.25, -0.2) is 9.97 Å². The first kappa shape index (κ1) is 18.0. The second kappa shape index (κ2) is 6.50.